The average Bonchev–Trinajstić information content (AvgIpc) is 2.46. The summed E-state index contributed by atoms with van der Waals surface area (Å²) in [5, 5.41) is 11.5. The zero-order valence-electron chi connectivity index (χ0n) is 10.3. The van der Waals surface area contributed by atoms with Crippen LogP contribution in [0.25, 0.3) is 0 Å². The lowest BCUT2D eigenvalue weighted by Gasteiger charge is -2.07. The first-order valence-electron chi connectivity index (χ1n) is 5.71. The highest BCUT2D eigenvalue weighted by Crippen LogP contribution is 2.28. The van der Waals surface area contributed by atoms with Crippen LogP contribution in [0.15, 0.2) is 42.5 Å². The molecule has 2 rings (SSSR count). The first-order valence-corrected chi connectivity index (χ1v) is 6.09. The molecule has 0 aliphatic carbocycles. The van der Waals surface area contributed by atoms with E-state index in [0.717, 1.165) is 5.56 Å². The number of halogens is 1. The fraction of sp³-hybridized carbons (Fsp3) is 0.0714. The molecule has 2 aromatic carbocycles. The van der Waals surface area contributed by atoms with Crippen LogP contribution in [0.1, 0.15) is 15.9 Å². The first kappa shape index (κ1) is 14.0. The molecule has 0 spiro atoms. The van der Waals surface area contributed by atoms with Crippen molar-refractivity contribution in [1.29, 1.82) is 0 Å². The number of rotatable bonds is 5. The van der Waals surface area contributed by atoms with Gasteiger partial charge in [-0.2, -0.15) is 0 Å². The summed E-state index contributed by atoms with van der Waals surface area (Å²) >= 11 is 5.77. The van der Waals surface area contributed by atoms with Crippen molar-refractivity contribution in [2.45, 2.75) is 6.61 Å². The third kappa shape index (κ3) is 3.33. The highest BCUT2D eigenvalue weighted by atomic mass is 35.5. The number of ether oxygens (including phenoxy) is 1. The van der Waals surface area contributed by atoms with Gasteiger partial charge in [-0.1, -0.05) is 23.7 Å². The van der Waals surface area contributed by atoms with Crippen molar-refractivity contribution in [1.82, 2.24) is 0 Å². The van der Waals surface area contributed by atoms with Gasteiger partial charge in [0.1, 0.15) is 12.9 Å². The van der Waals surface area contributed by atoms with Gasteiger partial charge in [-0.25, -0.2) is 0 Å². The lowest BCUT2D eigenvalue weighted by molar-refractivity contribution is -0.385. The van der Waals surface area contributed by atoms with Gasteiger partial charge in [0.2, 0.25) is 0 Å². The summed E-state index contributed by atoms with van der Waals surface area (Å²) in [6.45, 7) is 0.153. The van der Waals surface area contributed by atoms with Gasteiger partial charge in [0.05, 0.1) is 4.92 Å². The minimum atomic E-state index is -0.550. The second kappa shape index (κ2) is 6.16. The Bertz CT molecular complexity index is 640. The second-order valence-electron chi connectivity index (χ2n) is 4.02. The maximum Gasteiger partial charge on any atom is 0.310 e. The minimum absolute atomic E-state index is 0.0644. The molecule has 0 N–H and O–H groups in total. The Kier molecular flexibility index (Phi) is 4.32. The predicted octanol–water partition coefficient (Wildman–Crippen LogP) is 3.64. The summed E-state index contributed by atoms with van der Waals surface area (Å²) in [5.74, 6) is 0.0644. The molecule has 0 aliphatic rings. The van der Waals surface area contributed by atoms with Gasteiger partial charge in [-0.15, -0.1) is 0 Å². The van der Waals surface area contributed by atoms with Crippen molar-refractivity contribution in [3.05, 3.63) is 68.7 Å². The van der Waals surface area contributed by atoms with Gasteiger partial charge in [-0.05, 0) is 29.8 Å². The second-order valence-corrected chi connectivity index (χ2v) is 4.45. The van der Waals surface area contributed by atoms with Gasteiger partial charge in [0, 0.05) is 16.7 Å². The predicted molar refractivity (Wildman–Crippen MR) is 74.3 cm³/mol. The molecule has 0 aliphatic heterocycles. The normalized spacial score (nSPS) is 10.1. The molecule has 0 aromatic heterocycles. The Hall–Kier alpha value is -2.40. The number of carbonyl (C=O) groups is 1. The van der Waals surface area contributed by atoms with Crippen LogP contribution in [-0.2, 0) is 6.61 Å². The summed E-state index contributed by atoms with van der Waals surface area (Å²) in [7, 11) is 0. The van der Waals surface area contributed by atoms with E-state index in [0.29, 0.717) is 16.9 Å². The van der Waals surface area contributed by atoms with E-state index in [2.05, 4.69) is 0 Å². The van der Waals surface area contributed by atoms with E-state index >= 15 is 0 Å². The molecule has 0 amide bonds. The van der Waals surface area contributed by atoms with Crippen LogP contribution in [0, 0.1) is 10.1 Å². The number of nitro groups is 1. The van der Waals surface area contributed by atoms with Gasteiger partial charge >= 0.3 is 5.69 Å². The average molecular weight is 292 g/mol. The lowest BCUT2D eigenvalue weighted by Crippen LogP contribution is -2.00. The maximum absolute atomic E-state index is 10.9. The van der Waals surface area contributed by atoms with Gasteiger partial charge in [-0.3, -0.25) is 14.9 Å². The summed E-state index contributed by atoms with van der Waals surface area (Å²) in [5.41, 5.74) is 0.964. The van der Waals surface area contributed by atoms with E-state index in [1.807, 2.05) is 0 Å². The zero-order valence-corrected chi connectivity index (χ0v) is 11.0. The topological polar surface area (TPSA) is 69.4 Å². The van der Waals surface area contributed by atoms with E-state index < -0.39 is 4.92 Å². The molecule has 0 bridgehead atoms. The Balaban J connectivity index is 2.20. The first-order chi connectivity index (χ1) is 9.60. The number of hydrogen-bond donors (Lipinski definition) is 0. The Labute approximate surface area is 119 Å². The molecule has 0 heterocycles. The van der Waals surface area contributed by atoms with Crippen LogP contribution >= 0.6 is 11.6 Å². The molecule has 102 valence electrons. The van der Waals surface area contributed by atoms with Crippen molar-refractivity contribution < 1.29 is 14.5 Å². The lowest BCUT2D eigenvalue weighted by atomic mass is 10.2. The summed E-state index contributed by atoms with van der Waals surface area (Å²) in [6.07, 6.45) is 0.610. The quantitative estimate of drug-likeness (QED) is 0.479. The molecular formula is C14H10ClNO4. The van der Waals surface area contributed by atoms with E-state index in [1.165, 1.54) is 18.2 Å². The van der Waals surface area contributed by atoms with E-state index in [1.54, 1.807) is 24.3 Å². The molecule has 20 heavy (non-hydrogen) atoms. The molecule has 2 aromatic rings. The van der Waals surface area contributed by atoms with E-state index in [-0.39, 0.29) is 18.0 Å². The largest absolute Gasteiger partial charge is 0.482 e. The number of carbonyl (C=O) groups excluding carboxylic acids is 1. The Morgan fingerprint density at radius 2 is 1.90 bits per heavy atom. The monoisotopic (exact) mass is 291 g/mol. The van der Waals surface area contributed by atoms with Crippen LogP contribution in [-0.4, -0.2) is 11.2 Å². The van der Waals surface area contributed by atoms with Crippen molar-refractivity contribution in [2.75, 3.05) is 0 Å². The van der Waals surface area contributed by atoms with Crippen molar-refractivity contribution in [2.24, 2.45) is 0 Å². The fourth-order valence-corrected chi connectivity index (χ4v) is 1.74. The van der Waals surface area contributed by atoms with Crippen LogP contribution in [0.3, 0.4) is 0 Å². The Morgan fingerprint density at radius 3 is 2.50 bits per heavy atom. The van der Waals surface area contributed by atoms with Gasteiger partial charge in [0.15, 0.2) is 5.75 Å². The van der Waals surface area contributed by atoms with Gasteiger partial charge in [0.25, 0.3) is 0 Å². The molecule has 0 unspecified atom stereocenters. The van der Waals surface area contributed by atoms with Gasteiger partial charge < -0.3 is 4.74 Å². The minimum Gasteiger partial charge on any atom is -0.482 e. The molecule has 0 fully saturated rings. The van der Waals surface area contributed by atoms with E-state index in [4.69, 9.17) is 16.3 Å². The SMILES string of the molecule is O=Cc1ccc([N+](=O)[O-])c(OCc2ccc(Cl)cc2)c1. The van der Waals surface area contributed by atoms with Crippen LogP contribution in [0.4, 0.5) is 5.69 Å². The third-order valence-corrected chi connectivity index (χ3v) is 2.88. The number of hydrogen-bond acceptors (Lipinski definition) is 4. The third-order valence-electron chi connectivity index (χ3n) is 2.62. The fourth-order valence-electron chi connectivity index (χ4n) is 1.61. The summed E-state index contributed by atoms with van der Waals surface area (Å²) in [6, 6.07) is 10.9. The number of nitro benzene ring substituents is 1. The molecule has 0 atom stereocenters. The molecular weight excluding hydrogens is 282 g/mol. The molecule has 5 nitrogen and oxygen atoms in total. The smallest absolute Gasteiger partial charge is 0.310 e. The van der Waals surface area contributed by atoms with E-state index in [9.17, 15) is 14.9 Å². The highest BCUT2D eigenvalue weighted by molar-refractivity contribution is 6.30. The molecule has 6 heteroatoms. The van der Waals surface area contributed by atoms with Crippen molar-refractivity contribution in [3.8, 4) is 5.75 Å². The zero-order chi connectivity index (χ0) is 14.5. The molecule has 0 radical (unpaired) electrons. The number of benzene rings is 2. The van der Waals surface area contributed by atoms with Crippen LogP contribution in [0.2, 0.25) is 5.02 Å². The molecule has 0 saturated heterocycles. The van der Waals surface area contributed by atoms with Crippen LogP contribution < -0.4 is 4.74 Å². The summed E-state index contributed by atoms with van der Waals surface area (Å²) in [4.78, 5) is 21.1. The van der Waals surface area contributed by atoms with Crippen LogP contribution in [0.5, 0.6) is 5.75 Å². The standard InChI is InChI=1S/C14H10ClNO4/c15-12-4-1-10(2-5-12)9-20-14-7-11(8-17)3-6-13(14)16(18)19/h1-8H,9H2. The highest BCUT2D eigenvalue weighted by Gasteiger charge is 2.15. The van der Waals surface area contributed by atoms with Crippen molar-refractivity contribution >= 4 is 23.6 Å². The van der Waals surface area contributed by atoms with Crippen molar-refractivity contribution in [3.63, 3.8) is 0 Å². The number of nitrogens with zero attached hydrogens (tertiary/aromatic N) is 1. The summed E-state index contributed by atoms with van der Waals surface area (Å²) < 4.78 is 5.42. The Morgan fingerprint density at radius 1 is 1.20 bits per heavy atom. The number of aldehydes is 1. The maximum atomic E-state index is 10.9. The molecule has 0 saturated carbocycles.